The molecule has 1 N–H and O–H groups in total. The Kier molecular flexibility index (Phi) is 5.31. The summed E-state index contributed by atoms with van der Waals surface area (Å²) >= 11 is 6.23. The first-order valence-electron chi connectivity index (χ1n) is 8.02. The van der Waals surface area contributed by atoms with Crippen LogP contribution in [0.4, 0.5) is 4.39 Å². The Bertz CT molecular complexity index is 638. The van der Waals surface area contributed by atoms with Crippen molar-refractivity contribution >= 4 is 11.6 Å². The van der Waals surface area contributed by atoms with E-state index in [0.29, 0.717) is 0 Å². The van der Waals surface area contributed by atoms with E-state index in [9.17, 15) is 4.39 Å². The van der Waals surface area contributed by atoms with Crippen molar-refractivity contribution in [2.24, 2.45) is 0 Å². The molecule has 1 fully saturated rings. The lowest BCUT2D eigenvalue weighted by atomic mass is 9.82. The molecule has 2 nitrogen and oxygen atoms in total. The zero-order valence-corrected chi connectivity index (χ0v) is 13.8. The van der Waals surface area contributed by atoms with Crippen LogP contribution < -0.4 is 5.32 Å². The van der Waals surface area contributed by atoms with Gasteiger partial charge in [0.25, 0.3) is 0 Å². The van der Waals surface area contributed by atoms with Crippen molar-refractivity contribution in [3.05, 3.63) is 70.5 Å². The largest absolute Gasteiger partial charge is 0.381 e. The molecule has 1 saturated heterocycles. The van der Waals surface area contributed by atoms with E-state index < -0.39 is 0 Å². The summed E-state index contributed by atoms with van der Waals surface area (Å²) in [7, 11) is 0. The zero-order valence-electron chi connectivity index (χ0n) is 13.0. The molecule has 0 aliphatic carbocycles. The Morgan fingerprint density at radius 1 is 1.04 bits per heavy atom. The van der Waals surface area contributed by atoms with Crippen molar-refractivity contribution in [2.45, 2.75) is 24.8 Å². The van der Waals surface area contributed by atoms with Crippen molar-refractivity contribution in [1.82, 2.24) is 5.32 Å². The smallest absolute Gasteiger partial charge is 0.123 e. The van der Waals surface area contributed by atoms with Crippen LogP contribution in [0.15, 0.2) is 48.5 Å². The third kappa shape index (κ3) is 3.92. The molecule has 2 aromatic rings. The molecule has 2 aromatic carbocycles. The summed E-state index contributed by atoms with van der Waals surface area (Å²) in [5.74, 6) is -0.202. The van der Waals surface area contributed by atoms with Crippen LogP contribution in [0.1, 0.15) is 24.0 Å². The number of benzene rings is 2. The van der Waals surface area contributed by atoms with Crippen molar-refractivity contribution in [3.63, 3.8) is 0 Å². The minimum atomic E-state index is -0.202. The summed E-state index contributed by atoms with van der Waals surface area (Å²) in [6, 6.07) is 14.7. The van der Waals surface area contributed by atoms with Gasteiger partial charge in [-0.2, -0.15) is 0 Å². The van der Waals surface area contributed by atoms with Gasteiger partial charge in [0.15, 0.2) is 0 Å². The Morgan fingerprint density at radius 2 is 1.74 bits per heavy atom. The number of rotatable bonds is 5. The van der Waals surface area contributed by atoms with E-state index >= 15 is 0 Å². The molecule has 0 unspecified atom stereocenters. The van der Waals surface area contributed by atoms with Gasteiger partial charge in [0.1, 0.15) is 5.82 Å². The van der Waals surface area contributed by atoms with E-state index in [0.717, 1.165) is 55.2 Å². The molecule has 1 aliphatic rings. The maximum Gasteiger partial charge on any atom is 0.123 e. The monoisotopic (exact) mass is 333 g/mol. The quantitative estimate of drug-likeness (QED) is 0.880. The van der Waals surface area contributed by atoms with Gasteiger partial charge in [-0.1, -0.05) is 41.9 Å². The van der Waals surface area contributed by atoms with Crippen molar-refractivity contribution in [3.8, 4) is 0 Å². The fourth-order valence-electron chi connectivity index (χ4n) is 3.19. The van der Waals surface area contributed by atoms with Crippen LogP contribution in [-0.2, 0) is 16.7 Å². The standard InChI is InChI=1S/C19H21ClFNO/c20-18-4-2-1-3-15(18)9-12-22-19(10-13-23-14-11-19)16-5-7-17(21)8-6-16/h1-8,22H,9-14H2. The van der Waals surface area contributed by atoms with E-state index in [1.807, 2.05) is 30.3 Å². The van der Waals surface area contributed by atoms with E-state index in [1.165, 1.54) is 12.1 Å². The lowest BCUT2D eigenvalue weighted by Gasteiger charge is -2.39. The van der Waals surface area contributed by atoms with Crippen molar-refractivity contribution in [1.29, 1.82) is 0 Å². The van der Waals surface area contributed by atoms with Gasteiger partial charge in [-0.3, -0.25) is 0 Å². The van der Waals surface area contributed by atoms with Crippen LogP contribution in [0, 0.1) is 5.82 Å². The van der Waals surface area contributed by atoms with Gasteiger partial charge in [0.05, 0.1) is 0 Å². The van der Waals surface area contributed by atoms with E-state index in [1.54, 1.807) is 0 Å². The first-order chi connectivity index (χ1) is 11.2. The van der Waals surface area contributed by atoms with Crippen molar-refractivity contribution in [2.75, 3.05) is 19.8 Å². The number of hydrogen-bond donors (Lipinski definition) is 1. The topological polar surface area (TPSA) is 21.3 Å². The molecule has 0 radical (unpaired) electrons. The molecule has 1 aliphatic heterocycles. The summed E-state index contributed by atoms with van der Waals surface area (Å²) in [6.45, 7) is 2.26. The second-order valence-electron chi connectivity index (χ2n) is 5.97. The highest BCUT2D eigenvalue weighted by atomic mass is 35.5. The van der Waals surface area contributed by atoms with Gasteiger partial charge in [0.2, 0.25) is 0 Å². The maximum absolute atomic E-state index is 13.2. The van der Waals surface area contributed by atoms with Crippen LogP contribution in [-0.4, -0.2) is 19.8 Å². The molecule has 0 bridgehead atoms. The summed E-state index contributed by atoms with van der Waals surface area (Å²) < 4.78 is 18.8. The molecule has 122 valence electrons. The van der Waals surface area contributed by atoms with Gasteiger partial charge in [-0.05, 0) is 48.6 Å². The Morgan fingerprint density at radius 3 is 2.43 bits per heavy atom. The second-order valence-corrected chi connectivity index (χ2v) is 6.38. The zero-order chi connectivity index (χ0) is 16.1. The highest BCUT2D eigenvalue weighted by Crippen LogP contribution is 2.32. The predicted molar refractivity (Wildman–Crippen MR) is 91.3 cm³/mol. The predicted octanol–water partition coefficient (Wildman–Crippen LogP) is 4.32. The van der Waals surface area contributed by atoms with E-state index in [4.69, 9.17) is 16.3 Å². The molecule has 23 heavy (non-hydrogen) atoms. The van der Waals surface area contributed by atoms with Crippen LogP contribution in [0.2, 0.25) is 5.02 Å². The summed E-state index contributed by atoms with van der Waals surface area (Å²) in [4.78, 5) is 0. The Labute approximate surface area is 141 Å². The molecule has 4 heteroatoms. The van der Waals surface area contributed by atoms with Gasteiger partial charge in [-0.25, -0.2) is 4.39 Å². The number of nitrogens with one attached hydrogen (secondary N) is 1. The average Bonchev–Trinajstić information content (AvgIpc) is 2.58. The van der Waals surface area contributed by atoms with Crippen LogP contribution in [0.5, 0.6) is 0 Å². The molecule has 3 rings (SSSR count). The van der Waals surface area contributed by atoms with E-state index in [2.05, 4.69) is 11.4 Å². The molecule has 1 heterocycles. The minimum absolute atomic E-state index is 0.146. The Balaban J connectivity index is 1.72. The van der Waals surface area contributed by atoms with Gasteiger partial charge < -0.3 is 10.1 Å². The van der Waals surface area contributed by atoms with Crippen molar-refractivity contribution < 1.29 is 9.13 Å². The normalized spacial score (nSPS) is 17.1. The number of hydrogen-bond acceptors (Lipinski definition) is 2. The lowest BCUT2D eigenvalue weighted by molar-refractivity contribution is 0.0368. The molecular weight excluding hydrogens is 313 g/mol. The Hall–Kier alpha value is -1.42. The minimum Gasteiger partial charge on any atom is -0.381 e. The summed E-state index contributed by atoms with van der Waals surface area (Å²) in [5.41, 5.74) is 2.12. The van der Waals surface area contributed by atoms with Gasteiger partial charge in [0, 0.05) is 30.3 Å². The third-order valence-corrected chi connectivity index (χ3v) is 4.93. The van der Waals surface area contributed by atoms with E-state index in [-0.39, 0.29) is 11.4 Å². The number of halogens is 2. The molecule has 0 atom stereocenters. The fourth-order valence-corrected chi connectivity index (χ4v) is 3.42. The molecule has 0 amide bonds. The number of ether oxygens (including phenoxy) is 1. The summed E-state index contributed by atoms with van der Waals surface area (Å²) in [5, 5.41) is 4.49. The van der Waals surface area contributed by atoms with Gasteiger partial charge >= 0.3 is 0 Å². The molecule has 0 saturated carbocycles. The average molecular weight is 334 g/mol. The third-order valence-electron chi connectivity index (χ3n) is 4.56. The maximum atomic E-state index is 13.2. The first-order valence-corrected chi connectivity index (χ1v) is 8.40. The van der Waals surface area contributed by atoms with Crippen LogP contribution >= 0.6 is 11.6 Å². The van der Waals surface area contributed by atoms with Crippen LogP contribution in [0.3, 0.4) is 0 Å². The molecular formula is C19H21ClFNO. The highest BCUT2D eigenvalue weighted by Gasteiger charge is 2.33. The molecule has 0 aromatic heterocycles. The highest BCUT2D eigenvalue weighted by molar-refractivity contribution is 6.31. The molecule has 0 spiro atoms. The van der Waals surface area contributed by atoms with Crippen LogP contribution in [0.25, 0.3) is 0 Å². The first kappa shape index (κ1) is 16.4. The SMILES string of the molecule is Fc1ccc(C2(NCCc3ccccc3Cl)CCOCC2)cc1. The summed E-state index contributed by atoms with van der Waals surface area (Å²) in [6.07, 6.45) is 2.64. The fraction of sp³-hybridized carbons (Fsp3) is 0.368. The van der Waals surface area contributed by atoms with Gasteiger partial charge in [-0.15, -0.1) is 0 Å². The lowest BCUT2D eigenvalue weighted by Crippen LogP contribution is -2.47. The second kappa shape index (κ2) is 7.43.